The van der Waals surface area contributed by atoms with Crippen molar-refractivity contribution < 1.29 is 24.1 Å². The Labute approximate surface area is 148 Å². The highest BCUT2D eigenvalue weighted by molar-refractivity contribution is 5.85. The van der Waals surface area contributed by atoms with Gasteiger partial charge in [-0.25, -0.2) is 9.18 Å². The molecule has 1 atom stereocenters. The third-order valence-electron chi connectivity index (χ3n) is 5.09. The summed E-state index contributed by atoms with van der Waals surface area (Å²) in [6.07, 6.45) is 2.43. The van der Waals surface area contributed by atoms with Crippen LogP contribution in [0.25, 0.3) is 10.9 Å². The molecule has 2 aromatic rings. The second-order valence-corrected chi connectivity index (χ2v) is 6.93. The zero-order chi connectivity index (χ0) is 18.4. The van der Waals surface area contributed by atoms with Gasteiger partial charge in [0.05, 0.1) is 22.8 Å². The van der Waals surface area contributed by atoms with Crippen molar-refractivity contribution in [1.29, 1.82) is 0 Å². The molecule has 138 valence electrons. The SMILES string of the molecule is O=C(O)Oc1cn(C2CC2)c2cc(N3CC[C@@H](CO)C3)c(F)cc2c1=O. The molecular weight excluding hydrogens is 343 g/mol. The van der Waals surface area contributed by atoms with Crippen LogP contribution in [0.4, 0.5) is 14.9 Å². The predicted octanol–water partition coefficient (Wildman–Crippen LogP) is 2.35. The molecule has 4 rings (SSSR count). The van der Waals surface area contributed by atoms with Crippen molar-refractivity contribution in [3.8, 4) is 5.75 Å². The summed E-state index contributed by atoms with van der Waals surface area (Å²) in [6, 6.07) is 2.96. The van der Waals surface area contributed by atoms with E-state index in [4.69, 9.17) is 5.11 Å². The molecule has 1 aromatic carbocycles. The highest BCUT2D eigenvalue weighted by Gasteiger charge is 2.29. The number of hydrogen-bond acceptors (Lipinski definition) is 5. The second-order valence-electron chi connectivity index (χ2n) is 6.93. The topological polar surface area (TPSA) is 92.0 Å². The van der Waals surface area contributed by atoms with Crippen molar-refractivity contribution in [2.75, 3.05) is 24.6 Å². The fourth-order valence-electron chi connectivity index (χ4n) is 3.60. The number of ether oxygens (including phenoxy) is 1. The molecule has 7 nitrogen and oxygen atoms in total. The molecule has 1 aliphatic carbocycles. The predicted molar refractivity (Wildman–Crippen MR) is 92.5 cm³/mol. The lowest BCUT2D eigenvalue weighted by Crippen LogP contribution is -2.22. The molecule has 1 saturated carbocycles. The molecule has 8 heteroatoms. The van der Waals surface area contributed by atoms with E-state index in [1.54, 1.807) is 10.6 Å². The second kappa shape index (κ2) is 6.28. The van der Waals surface area contributed by atoms with E-state index < -0.39 is 17.4 Å². The van der Waals surface area contributed by atoms with E-state index >= 15 is 0 Å². The lowest BCUT2D eigenvalue weighted by molar-refractivity contribution is 0.143. The third kappa shape index (κ3) is 2.90. The van der Waals surface area contributed by atoms with E-state index in [0.717, 1.165) is 25.3 Å². The minimum Gasteiger partial charge on any atom is -0.449 e. The Morgan fingerprint density at radius 3 is 2.69 bits per heavy atom. The van der Waals surface area contributed by atoms with Crippen LogP contribution in [0, 0.1) is 11.7 Å². The summed E-state index contributed by atoms with van der Waals surface area (Å²) in [5.74, 6) is -0.740. The van der Waals surface area contributed by atoms with Gasteiger partial charge in [0, 0.05) is 31.7 Å². The Morgan fingerprint density at radius 2 is 2.08 bits per heavy atom. The maximum absolute atomic E-state index is 14.7. The van der Waals surface area contributed by atoms with Gasteiger partial charge in [0.15, 0.2) is 5.75 Å². The lowest BCUT2D eigenvalue weighted by Gasteiger charge is -2.21. The number of pyridine rings is 1. The molecule has 1 saturated heterocycles. The maximum Gasteiger partial charge on any atom is 0.511 e. The van der Waals surface area contributed by atoms with Gasteiger partial charge in [-0.15, -0.1) is 0 Å². The molecule has 2 fully saturated rings. The molecule has 26 heavy (non-hydrogen) atoms. The molecule has 0 amide bonds. The van der Waals surface area contributed by atoms with Gasteiger partial charge < -0.3 is 24.4 Å². The smallest absolute Gasteiger partial charge is 0.449 e. The van der Waals surface area contributed by atoms with E-state index in [1.165, 1.54) is 6.20 Å². The number of aliphatic hydroxyl groups is 1. The number of carboxylic acid groups (broad SMARTS) is 1. The van der Waals surface area contributed by atoms with Gasteiger partial charge in [0.1, 0.15) is 5.82 Å². The van der Waals surface area contributed by atoms with E-state index in [0.29, 0.717) is 24.3 Å². The van der Waals surface area contributed by atoms with Gasteiger partial charge in [0.25, 0.3) is 0 Å². The van der Waals surface area contributed by atoms with Crippen molar-refractivity contribution in [1.82, 2.24) is 4.57 Å². The molecule has 1 aromatic heterocycles. The highest BCUT2D eigenvalue weighted by Crippen LogP contribution is 2.39. The van der Waals surface area contributed by atoms with Crippen LogP contribution in [0.15, 0.2) is 23.1 Å². The number of hydrogen-bond donors (Lipinski definition) is 2. The number of rotatable bonds is 4. The molecule has 0 spiro atoms. The van der Waals surface area contributed by atoms with Crippen LogP contribution < -0.4 is 15.1 Å². The number of anilines is 1. The molecule has 2 aliphatic rings. The van der Waals surface area contributed by atoms with Crippen LogP contribution in [0.2, 0.25) is 0 Å². The van der Waals surface area contributed by atoms with E-state index in [1.807, 2.05) is 4.90 Å². The van der Waals surface area contributed by atoms with Gasteiger partial charge in [-0.1, -0.05) is 0 Å². The molecular formula is C18H19FN2O5. The Balaban J connectivity index is 1.86. The standard InChI is InChI=1S/C18H19FN2O5/c19-13-5-12-14(6-15(13)20-4-3-10(7-20)9-22)21(11-1-2-11)8-16(17(12)23)26-18(24)25/h5-6,8,10-11,22H,1-4,7,9H2,(H,24,25)/t10-/m1/s1. The summed E-state index contributed by atoms with van der Waals surface area (Å²) in [4.78, 5) is 25.2. The number of carbonyl (C=O) groups is 1. The first kappa shape index (κ1) is 16.8. The monoisotopic (exact) mass is 362 g/mol. The molecule has 0 unspecified atom stereocenters. The number of aromatic nitrogens is 1. The summed E-state index contributed by atoms with van der Waals surface area (Å²) in [6.45, 7) is 1.27. The first-order valence-corrected chi connectivity index (χ1v) is 8.63. The molecule has 2 heterocycles. The first-order chi connectivity index (χ1) is 12.5. The van der Waals surface area contributed by atoms with E-state index in [-0.39, 0.29) is 29.7 Å². The van der Waals surface area contributed by atoms with Crippen molar-refractivity contribution in [3.05, 3.63) is 34.4 Å². The summed E-state index contributed by atoms with van der Waals surface area (Å²) in [7, 11) is 0. The van der Waals surface area contributed by atoms with Crippen LogP contribution in [-0.2, 0) is 0 Å². The van der Waals surface area contributed by atoms with Crippen LogP contribution in [-0.4, -0.2) is 40.6 Å². The average Bonchev–Trinajstić information content (AvgIpc) is 3.34. The maximum atomic E-state index is 14.7. The molecule has 0 radical (unpaired) electrons. The summed E-state index contributed by atoms with van der Waals surface area (Å²) in [5, 5.41) is 18.2. The molecule has 0 bridgehead atoms. The number of nitrogens with zero attached hydrogens (tertiary/aromatic N) is 2. The Morgan fingerprint density at radius 1 is 1.31 bits per heavy atom. The first-order valence-electron chi connectivity index (χ1n) is 8.63. The van der Waals surface area contributed by atoms with Crippen molar-refractivity contribution in [3.63, 3.8) is 0 Å². The molecule has 1 aliphatic heterocycles. The zero-order valence-electron chi connectivity index (χ0n) is 14.0. The van der Waals surface area contributed by atoms with Crippen LogP contribution in [0.3, 0.4) is 0 Å². The Bertz CT molecular complexity index is 937. The zero-order valence-corrected chi connectivity index (χ0v) is 14.0. The average molecular weight is 362 g/mol. The van der Waals surface area contributed by atoms with Gasteiger partial charge in [0.2, 0.25) is 5.43 Å². The van der Waals surface area contributed by atoms with Crippen LogP contribution in [0.1, 0.15) is 25.3 Å². The third-order valence-corrected chi connectivity index (χ3v) is 5.09. The minimum absolute atomic E-state index is 0.0639. The van der Waals surface area contributed by atoms with Gasteiger partial charge in [-0.05, 0) is 31.4 Å². The molecule has 2 N–H and O–H groups in total. The van der Waals surface area contributed by atoms with Gasteiger partial charge >= 0.3 is 6.16 Å². The fraction of sp³-hybridized carbons (Fsp3) is 0.444. The lowest BCUT2D eigenvalue weighted by atomic mass is 10.1. The van der Waals surface area contributed by atoms with Crippen molar-refractivity contribution in [2.24, 2.45) is 5.92 Å². The number of benzene rings is 1. The van der Waals surface area contributed by atoms with Crippen molar-refractivity contribution >= 4 is 22.7 Å². The van der Waals surface area contributed by atoms with Gasteiger partial charge in [-0.3, -0.25) is 4.79 Å². The minimum atomic E-state index is -1.58. The highest BCUT2D eigenvalue weighted by atomic mass is 19.1. The fourth-order valence-corrected chi connectivity index (χ4v) is 3.60. The van der Waals surface area contributed by atoms with E-state index in [2.05, 4.69) is 4.74 Å². The largest absolute Gasteiger partial charge is 0.511 e. The summed E-state index contributed by atoms with van der Waals surface area (Å²) in [5.41, 5.74) is 0.327. The Kier molecular flexibility index (Phi) is 4.07. The number of aliphatic hydroxyl groups excluding tert-OH is 1. The number of fused-ring (bicyclic) bond motifs is 1. The van der Waals surface area contributed by atoms with Gasteiger partial charge in [-0.2, -0.15) is 0 Å². The summed E-state index contributed by atoms with van der Waals surface area (Å²) < 4.78 is 21.1. The number of halogens is 1. The summed E-state index contributed by atoms with van der Waals surface area (Å²) >= 11 is 0. The van der Waals surface area contributed by atoms with Crippen LogP contribution in [0.5, 0.6) is 5.75 Å². The van der Waals surface area contributed by atoms with E-state index in [9.17, 15) is 19.1 Å². The van der Waals surface area contributed by atoms with Crippen LogP contribution >= 0.6 is 0 Å². The Hall–Kier alpha value is -2.61. The van der Waals surface area contributed by atoms with Crippen molar-refractivity contribution in [2.45, 2.75) is 25.3 Å². The quantitative estimate of drug-likeness (QED) is 0.811. The normalized spacial score (nSPS) is 19.9.